The second kappa shape index (κ2) is 10.4. The smallest absolute Gasteiger partial charge is 0.306 e. The molecular weight excluding hydrogens is 366 g/mol. The minimum Gasteiger partial charge on any atom is -0.481 e. The van der Waals surface area contributed by atoms with Gasteiger partial charge in [-0.25, -0.2) is 0 Å². The second-order valence-corrected chi connectivity index (χ2v) is 6.05. The fraction of sp³-hybridized carbons (Fsp3) is 0.500. The summed E-state index contributed by atoms with van der Waals surface area (Å²) in [6.45, 7) is 4.29. The maximum atomic E-state index is 12.2. The molecule has 2 N–H and O–H groups in total. The minimum atomic E-state index is -0.905. The van der Waals surface area contributed by atoms with Crippen LogP contribution in [0.5, 0.6) is 0 Å². The van der Waals surface area contributed by atoms with E-state index in [2.05, 4.69) is 21.2 Å². The number of hydrogen-bond acceptors (Lipinski definition) is 4. The van der Waals surface area contributed by atoms with Crippen molar-refractivity contribution in [1.29, 1.82) is 0 Å². The van der Waals surface area contributed by atoms with Crippen LogP contribution >= 0.6 is 15.9 Å². The van der Waals surface area contributed by atoms with Crippen molar-refractivity contribution in [3.05, 3.63) is 34.3 Å². The number of hydrogen-bond donors (Lipinski definition) is 2. The summed E-state index contributed by atoms with van der Waals surface area (Å²) in [6, 6.07) is 6.53. The lowest BCUT2D eigenvalue weighted by Gasteiger charge is -2.20. The van der Waals surface area contributed by atoms with Gasteiger partial charge in [-0.1, -0.05) is 22.9 Å². The van der Waals surface area contributed by atoms with Crippen LogP contribution in [0.2, 0.25) is 0 Å². The molecule has 0 saturated carbocycles. The van der Waals surface area contributed by atoms with Gasteiger partial charge in [-0.15, -0.1) is 0 Å². The zero-order valence-electron chi connectivity index (χ0n) is 13.3. The van der Waals surface area contributed by atoms with E-state index in [0.29, 0.717) is 12.2 Å². The molecule has 0 aliphatic heterocycles. The molecule has 1 unspecified atom stereocenters. The number of carbonyl (C=O) groups is 2. The number of benzene rings is 1. The van der Waals surface area contributed by atoms with Crippen LogP contribution in [0.15, 0.2) is 28.7 Å². The van der Waals surface area contributed by atoms with Gasteiger partial charge >= 0.3 is 5.97 Å². The molecule has 0 saturated heterocycles. The molecule has 0 aliphatic rings. The van der Waals surface area contributed by atoms with Crippen LogP contribution in [-0.4, -0.2) is 43.0 Å². The van der Waals surface area contributed by atoms with E-state index in [0.717, 1.165) is 4.47 Å². The van der Waals surface area contributed by atoms with Gasteiger partial charge in [-0.2, -0.15) is 0 Å². The molecule has 0 heterocycles. The van der Waals surface area contributed by atoms with E-state index in [1.807, 2.05) is 6.92 Å². The molecule has 0 radical (unpaired) electrons. The number of carboxylic acid groups (broad SMARTS) is 1. The van der Waals surface area contributed by atoms with Crippen molar-refractivity contribution in [2.24, 2.45) is 5.92 Å². The SMILES string of the molecule is CCOCOC[C@H](CC(C)C(=O)O)NC(=O)c1ccc(Br)cc1. The van der Waals surface area contributed by atoms with Crippen molar-refractivity contribution in [1.82, 2.24) is 5.32 Å². The molecule has 0 spiro atoms. The maximum Gasteiger partial charge on any atom is 0.306 e. The molecule has 23 heavy (non-hydrogen) atoms. The van der Waals surface area contributed by atoms with Gasteiger partial charge in [0.25, 0.3) is 5.91 Å². The molecule has 7 heteroatoms. The number of carbonyl (C=O) groups excluding carboxylic acids is 1. The first-order chi connectivity index (χ1) is 10.9. The first-order valence-electron chi connectivity index (χ1n) is 7.38. The van der Waals surface area contributed by atoms with Crippen LogP contribution in [0.3, 0.4) is 0 Å². The molecule has 6 nitrogen and oxygen atoms in total. The summed E-state index contributed by atoms with van der Waals surface area (Å²) < 4.78 is 11.3. The summed E-state index contributed by atoms with van der Waals surface area (Å²) >= 11 is 3.31. The number of carboxylic acids is 1. The fourth-order valence-electron chi connectivity index (χ4n) is 1.90. The third-order valence-corrected chi connectivity index (χ3v) is 3.72. The van der Waals surface area contributed by atoms with Crippen LogP contribution in [0.1, 0.15) is 30.6 Å². The van der Waals surface area contributed by atoms with Gasteiger partial charge in [0.1, 0.15) is 6.79 Å². The topological polar surface area (TPSA) is 84.9 Å². The van der Waals surface area contributed by atoms with Crippen LogP contribution in [-0.2, 0) is 14.3 Å². The Balaban J connectivity index is 2.64. The average Bonchev–Trinajstić information content (AvgIpc) is 2.51. The zero-order chi connectivity index (χ0) is 17.2. The van der Waals surface area contributed by atoms with Gasteiger partial charge in [-0.05, 0) is 37.6 Å². The largest absolute Gasteiger partial charge is 0.481 e. The number of aliphatic carboxylic acids is 1. The predicted molar refractivity (Wildman–Crippen MR) is 89.3 cm³/mol. The second-order valence-electron chi connectivity index (χ2n) is 5.13. The third-order valence-electron chi connectivity index (χ3n) is 3.19. The Kier molecular flexibility index (Phi) is 8.83. The standard InChI is InChI=1S/C16H22BrNO5/c1-3-22-10-23-9-14(8-11(2)16(20)21)18-15(19)12-4-6-13(17)7-5-12/h4-7,11,14H,3,8-10H2,1-2H3,(H,18,19)(H,20,21)/t11?,14-/m0/s1. The molecule has 0 aromatic heterocycles. The Bertz CT molecular complexity index is 506. The molecular formula is C16H22BrNO5. The quantitative estimate of drug-likeness (QED) is 0.476. The summed E-state index contributed by atoms with van der Waals surface area (Å²) in [7, 11) is 0. The number of nitrogens with one attached hydrogen (secondary N) is 1. The van der Waals surface area contributed by atoms with E-state index in [1.54, 1.807) is 31.2 Å². The minimum absolute atomic E-state index is 0.114. The Labute approximate surface area is 144 Å². The Morgan fingerprint density at radius 1 is 1.26 bits per heavy atom. The summed E-state index contributed by atoms with van der Waals surface area (Å²) in [5, 5.41) is 11.9. The highest BCUT2D eigenvalue weighted by molar-refractivity contribution is 9.10. The van der Waals surface area contributed by atoms with Gasteiger partial charge < -0.3 is 19.9 Å². The highest BCUT2D eigenvalue weighted by Gasteiger charge is 2.21. The number of rotatable bonds is 10. The lowest BCUT2D eigenvalue weighted by molar-refractivity contribution is -0.141. The van der Waals surface area contributed by atoms with Crippen molar-refractivity contribution in [3.63, 3.8) is 0 Å². The van der Waals surface area contributed by atoms with Crippen molar-refractivity contribution in [2.45, 2.75) is 26.3 Å². The fourth-order valence-corrected chi connectivity index (χ4v) is 2.16. The number of halogens is 1. The van der Waals surface area contributed by atoms with Gasteiger partial charge in [0, 0.05) is 16.6 Å². The third kappa shape index (κ3) is 7.58. The van der Waals surface area contributed by atoms with E-state index in [4.69, 9.17) is 14.6 Å². The van der Waals surface area contributed by atoms with Crippen LogP contribution < -0.4 is 5.32 Å². The van der Waals surface area contributed by atoms with E-state index in [-0.39, 0.29) is 25.7 Å². The highest BCUT2D eigenvalue weighted by Crippen LogP contribution is 2.12. The van der Waals surface area contributed by atoms with Gasteiger partial charge in [0.15, 0.2) is 0 Å². The van der Waals surface area contributed by atoms with Gasteiger partial charge in [-0.3, -0.25) is 9.59 Å². The monoisotopic (exact) mass is 387 g/mol. The molecule has 0 bridgehead atoms. The Morgan fingerprint density at radius 3 is 2.48 bits per heavy atom. The summed E-state index contributed by atoms with van der Waals surface area (Å²) in [5.74, 6) is -1.75. The Hall–Kier alpha value is -1.44. The average molecular weight is 388 g/mol. The Morgan fingerprint density at radius 2 is 1.91 bits per heavy atom. The highest BCUT2D eigenvalue weighted by atomic mass is 79.9. The number of ether oxygens (including phenoxy) is 2. The molecule has 1 rings (SSSR count). The van der Waals surface area contributed by atoms with Crippen molar-refractivity contribution < 1.29 is 24.2 Å². The number of amides is 1. The lowest BCUT2D eigenvalue weighted by Crippen LogP contribution is -2.40. The van der Waals surface area contributed by atoms with Crippen molar-refractivity contribution in [2.75, 3.05) is 20.0 Å². The first kappa shape index (κ1) is 19.6. The molecule has 0 fully saturated rings. The van der Waals surface area contributed by atoms with Gasteiger partial charge in [0.2, 0.25) is 0 Å². The van der Waals surface area contributed by atoms with E-state index < -0.39 is 17.9 Å². The first-order valence-corrected chi connectivity index (χ1v) is 8.18. The molecule has 1 amide bonds. The van der Waals surface area contributed by atoms with Crippen molar-refractivity contribution >= 4 is 27.8 Å². The molecule has 1 aromatic rings. The van der Waals surface area contributed by atoms with E-state index in [1.165, 1.54) is 0 Å². The normalized spacial score (nSPS) is 13.3. The molecule has 2 atom stereocenters. The predicted octanol–water partition coefficient (Wildman–Crippen LogP) is 2.67. The van der Waals surface area contributed by atoms with E-state index >= 15 is 0 Å². The summed E-state index contributed by atoms with van der Waals surface area (Å²) in [5.41, 5.74) is 0.506. The van der Waals surface area contributed by atoms with Crippen molar-refractivity contribution in [3.8, 4) is 0 Å². The molecule has 128 valence electrons. The van der Waals surface area contributed by atoms with Crippen LogP contribution in [0.25, 0.3) is 0 Å². The molecule has 0 aliphatic carbocycles. The van der Waals surface area contributed by atoms with Gasteiger partial charge in [0.05, 0.1) is 18.6 Å². The molecule has 1 aromatic carbocycles. The zero-order valence-corrected chi connectivity index (χ0v) is 14.8. The maximum absolute atomic E-state index is 12.2. The lowest BCUT2D eigenvalue weighted by atomic mass is 10.0. The van der Waals surface area contributed by atoms with Crippen LogP contribution in [0, 0.1) is 5.92 Å². The van der Waals surface area contributed by atoms with Crippen LogP contribution in [0.4, 0.5) is 0 Å². The summed E-state index contributed by atoms with van der Waals surface area (Å²) in [4.78, 5) is 23.3. The van der Waals surface area contributed by atoms with E-state index in [9.17, 15) is 9.59 Å². The summed E-state index contributed by atoms with van der Waals surface area (Å²) in [6.07, 6.45) is 0.281.